The Kier molecular flexibility index (Phi) is 6.57. The normalized spacial score (nSPS) is 25.0. The van der Waals surface area contributed by atoms with E-state index in [0.717, 1.165) is 50.6 Å². The van der Waals surface area contributed by atoms with Gasteiger partial charge >= 0.3 is 5.97 Å². The van der Waals surface area contributed by atoms with E-state index in [-0.39, 0.29) is 11.9 Å². The molecule has 0 aromatic heterocycles. The van der Waals surface area contributed by atoms with Gasteiger partial charge in [-0.25, -0.2) is 0 Å². The zero-order valence-corrected chi connectivity index (χ0v) is 19.5. The number of hydrogen-bond donors (Lipinski definition) is 0. The Morgan fingerprint density at radius 1 is 1.00 bits per heavy atom. The lowest BCUT2D eigenvalue weighted by molar-refractivity contribution is -0.144. The molecule has 1 heterocycles. The van der Waals surface area contributed by atoms with Gasteiger partial charge in [-0.3, -0.25) is 9.69 Å². The fourth-order valence-electron chi connectivity index (χ4n) is 5.28. The van der Waals surface area contributed by atoms with Crippen LogP contribution in [0.4, 0.5) is 0 Å². The molecule has 0 spiro atoms. The molecule has 0 bridgehead atoms. The SMILES string of the molecule is COC(=O)C1CCN(Cc2ccc3cc(OC4CCC(C(C)(C)C)CC4)ccc3c2)C1. The van der Waals surface area contributed by atoms with Gasteiger partial charge in [-0.05, 0) is 84.5 Å². The molecule has 1 atom stereocenters. The van der Waals surface area contributed by atoms with Crippen LogP contribution in [0.25, 0.3) is 10.8 Å². The van der Waals surface area contributed by atoms with Gasteiger partial charge in [0.2, 0.25) is 0 Å². The van der Waals surface area contributed by atoms with Crippen LogP contribution in [0.1, 0.15) is 58.4 Å². The van der Waals surface area contributed by atoms with Gasteiger partial charge in [-0.1, -0.05) is 39.0 Å². The van der Waals surface area contributed by atoms with E-state index < -0.39 is 0 Å². The number of fused-ring (bicyclic) bond motifs is 1. The summed E-state index contributed by atoms with van der Waals surface area (Å²) in [5.74, 6) is 1.73. The molecule has 2 aromatic rings. The minimum Gasteiger partial charge on any atom is -0.490 e. The largest absolute Gasteiger partial charge is 0.490 e. The lowest BCUT2D eigenvalue weighted by atomic mass is 9.72. The van der Waals surface area contributed by atoms with Crippen molar-refractivity contribution >= 4 is 16.7 Å². The summed E-state index contributed by atoms with van der Waals surface area (Å²) in [5, 5.41) is 2.46. The fourth-order valence-corrected chi connectivity index (χ4v) is 5.28. The van der Waals surface area contributed by atoms with Gasteiger partial charge in [0.15, 0.2) is 0 Å². The van der Waals surface area contributed by atoms with Crippen molar-refractivity contribution in [2.75, 3.05) is 20.2 Å². The number of ether oxygens (including phenoxy) is 2. The van der Waals surface area contributed by atoms with Crippen molar-refractivity contribution in [1.82, 2.24) is 4.90 Å². The average Bonchev–Trinajstić information content (AvgIpc) is 3.21. The molecular weight excluding hydrogens is 386 g/mol. The molecule has 0 N–H and O–H groups in total. The van der Waals surface area contributed by atoms with Gasteiger partial charge in [0.1, 0.15) is 5.75 Å². The highest BCUT2D eigenvalue weighted by Crippen LogP contribution is 2.39. The highest BCUT2D eigenvalue weighted by atomic mass is 16.5. The van der Waals surface area contributed by atoms with Crippen LogP contribution in [0, 0.1) is 17.3 Å². The highest BCUT2D eigenvalue weighted by Gasteiger charge is 2.31. The molecule has 4 nitrogen and oxygen atoms in total. The van der Waals surface area contributed by atoms with Crippen LogP contribution in [0.2, 0.25) is 0 Å². The lowest BCUT2D eigenvalue weighted by Crippen LogP contribution is -2.30. The number of esters is 1. The van der Waals surface area contributed by atoms with Crippen molar-refractivity contribution in [1.29, 1.82) is 0 Å². The van der Waals surface area contributed by atoms with E-state index in [1.165, 1.54) is 36.3 Å². The molecule has 2 aliphatic rings. The Hall–Kier alpha value is -2.07. The van der Waals surface area contributed by atoms with Crippen molar-refractivity contribution < 1.29 is 14.3 Å². The van der Waals surface area contributed by atoms with Crippen LogP contribution in [0.5, 0.6) is 5.75 Å². The van der Waals surface area contributed by atoms with Crippen molar-refractivity contribution in [2.45, 2.75) is 65.5 Å². The standard InChI is InChI=1S/C27H37NO3/c1-27(2,3)23-8-11-24(12-9-23)31-25-10-7-20-15-19(5-6-21(20)16-25)17-28-14-13-22(18-28)26(29)30-4/h5-7,10,15-16,22-24H,8-9,11-14,17-18H2,1-4H3. The van der Waals surface area contributed by atoms with Gasteiger partial charge in [-0.2, -0.15) is 0 Å². The van der Waals surface area contributed by atoms with E-state index in [1.54, 1.807) is 0 Å². The maximum absolute atomic E-state index is 11.8. The Morgan fingerprint density at radius 3 is 2.42 bits per heavy atom. The predicted octanol–water partition coefficient (Wildman–Crippen LogP) is 5.82. The van der Waals surface area contributed by atoms with Gasteiger partial charge < -0.3 is 9.47 Å². The minimum atomic E-state index is -0.0829. The van der Waals surface area contributed by atoms with Crippen LogP contribution in [-0.2, 0) is 16.1 Å². The summed E-state index contributed by atoms with van der Waals surface area (Å²) in [6, 6.07) is 13.1. The Bertz CT molecular complexity index is 908. The molecule has 2 fully saturated rings. The molecular formula is C27H37NO3. The molecule has 31 heavy (non-hydrogen) atoms. The van der Waals surface area contributed by atoms with Crippen LogP contribution in [-0.4, -0.2) is 37.2 Å². The number of likely N-dealkylation sites (tertiary alicyclic amines) is 1. The summed E-state index contributed by atoms with van der Waals surface area (Å²) in [7, 11) is 1.48. The first-order chi connectivity index (χ1) is 14.8. The molecule has 0 radical (unpaired) electrons. The fraction of sp³-hybridized carbons (Fsp3) is 0.593. The first-order valence-electron chi connectivity index (χ1n) is 11.8. The average molecular weight is 424 g/mol. The van der Waals surface area contributed by atoms with Gasteiger partial charge in [0.25, 0.3) is 0 Å². The second-order valence-corrected chi connectivity index (χ2v) is 10.5. The number of rotatable bonds is 5. The number of nitrogens with zero attached hydrogens (tertiary/aromatic N) is 1. The van der Waals surface area contributed by atoms with Gasteiger partial charge in [-0.15, -0.1) is 0 Å². The van der Waals surface area contributed by atoms with Gasteiger partial charge in [0, 0.05) is 13.1 Å². The molecule has 1 aliphatic carbocycles. The molecule has 4 heteroatoms. The first-order valence-corrected chi connectivity index (χ1v) is 11.8. The number of carbonyl (C=O) groups excluding carboxylic acids is 1. The van der Waals surface area contributed by atoms with E-state index in [1.807, 2.05) is 0 Å². The molecule has 4 rings (SSSR count). The van der Waals surface area contributed by atoms with Crippen LogP contribution < -0.4 is 4.74 Å². The zero-order chi connectivity index (χ0) is 22.0. The molecule has 2 aromatic carbocycles. The van der Waals surface area contributed by atoms with Gasteiger partial charge in [0.05, 0.1) is 19.1 Å². The summed E-state index contributed by atoms with van der Waals surface area (Å²) in [6.07, 6.45) is 6.06. The summed E-state index contributed by atoms with van der Waals surface area (Å²) >= 11 is 0. The van der Waals surface area contributed by atoms with Crippen molar-refractivity contribution in [2.24, 2.45) is 17.3 Å². The third-order valence-electron chi connectivity index (χ3n) is 7.29. The quantitative estimate of drug-likeness (QED) is 0.568. The summed E-state index contributed by atoms with van der Waals surface area (Å²) < 4.78 is 11.3. The topological polar surface area (TPSA) is 38.8 Å². The molecule has 1 saturated carbocycles. The first kappa shape index (κ1) is 22.1. The van der Waals surface area contributed by atoms with Crippen LogP contribution in [0.15, 0.2) is 36.4 Å². The smallest absolute Gasteiger partial charge is 0.310 e. The molecule has 1 unspecified atom stereocenters. The Balaban J connectivity index is 1.35. The number of hydrogen-bond acceptors (Lipinski definition) is 4. The minimum absolute atomic E-state index is 0.0172. The Morgan fingerprint density at radius 2 is 1.71 bits per heavy atom. The summed E-state index contributed by atoms with van der Waals surface area (Å²) in [4.78, 5) is 14.1. The summed E-state index contributed by atoms with van der Waals surface area (Å²) in [6.45, 7) is 9.68. The second-order valence-electron chi connectivity index (χ2n) is 10.5. The third-order valence-corrected chi connectivity index (χ3v) is 7.29. The maximum atomic E-state index is 11.8. The van der Waals surface area contributed by atoms with E-state index in [4.69, 9.17) is 9.47 Å². The van der Waals surface area contributed by atoms with Crippen molar-refractivity contribution in [3.05, 3.63) is 42.0 Å². The zero-order valence-electron chi connectivity index (χ0n) is 19.5. The molecule has 1 saturated heterocycles. The third kappa shape index (κ3) is 5.41. The summed E-state index contributed by atoms with van der Waals surface area (Å²) in [5.41, 5.74) is 1.69. The highest BCUT2D eigenvalue weighted by molar-refractivity contribution is 5.84. The Labute approximate surface area is 186 Å². The molecule has 168 valence electrons. The number of benzene rings is 2. The van der Waals surface area contributed by atoms with E-state index in [0.29, 0.717) is 11.5 Å². The number of carbonyl (C=O) groups is 1. The second kappa shape index (κ2) is 9.20. The van der Waals surface area contributed by atoms with E-state index >= 15 is 0 Å². The predicted molar refractivity (Wildman–Crippen MR) is 125 cm³/mol. The lowest BCUT2D eigenvalue weighted by Gasteiger charge is -2.37. The van der Waals surface area contributed by atoms with Crippen LogP contribution in [0.3, 0.4) is 0 Å². The van der Waals surface area contributed by atoms with E-state index in [2.05, 4.69) is 62.1 Å². The molecule has 0 amide bonds. The maximum Gasteiger partial charge on any atom is 0.310 e. The van der Waals surface area contributed by atoms with E-state index in [9.17, 15) is 4.79 Å². The van der Waals surface area contributed by atoms with Crippen molar-refractivity contribution in [3.63, 3.8) is 0 Å². The number of methoxy groups -OCH3 is 1. The monoisotopic (exact) mass is 423 g/mol. The van der Waals surface area contributed by atoms with Crippen molar-refractivity contribution in [3.8, 4) is 5.75 Å². The van der Waals surface area contributed by atoms with Crippen LogP contribution >= 0.6 is 0 Å². The molecule has 1 aliphatic heterocycles.